The van der Waals surface area contributed by atoms with Gasteiger partial charge in [0.25, 0.3) is 0 Å². The quantitative estimate of drug-likeness (QED) is 0.568. The number of likely N-dealkylation sites (N-methyl/N-ethyl adjacent to an activating group) is 1. The SMILES string of the molecule is CN(CCO)CC1CNCCO1. The van der Waals surface area contributed by atoms with Crippen LogP contribution in [-0.2, 0) is 4.74 Å². The normalized spacial score (nSPS) is 24.8. The van der Waals surface area contributed by atoms with Crippen molar-refractivity contribution in [1.29, 1.82) is 0 Å². The van der Waals surface area contributed by atoms with Gasteiger partial charge in [-0.15, -0.1) is 0 Å². The molecule has 0 spiro atoms. The number of morpholine rings is 1. The molecule has 4 heteroatoms. The maximum absolute atomic E-state index is 8.67. The summed E-state index contributed by atoms with van der Waals surface area (Å²) < 4.78 is 5.51. The van der Waals surface area contributed by atoms with E-state index in [1.807, 2.05) is 7.05 Å². The molecule has 1 unspecified atom stereocenters. The molecule has 0 aromatic carbocycles. The lowest BCUT2D eigenvalue weighted by Crippen LogP contribution is -2.44. The Bertz CT molecular complexity index is 116. The monoisotopic (exact) mass is 174 g/mol. The second-order valence-corrected chi connectivity index (χ2v) is 3.18. The third-order valence-corrected chi connectivity index (χ3v) is 2.00. The smallest absolute Gasteiger partial charge is 0.0826 e. The maximum atomic E-state index is 8.67. The van der Waals surface area contributed by atoms with Crippen molar-refractivity contribution < 1.29 is 9.84 Å². The number of ether oxygens (including phenoxy) is 1. The van der Waals surface area contributed by atoms with Gasteiger partial charge >= 0.3 is 0 Å². The second-order valence-electron chi connectivity index (χ2n) is 3.18. The molecule has 0 aliphatic carbocycles. The molecule has 1 fully saturated rings. The van der Waals surface area contributed by atoms with E-state index in [4.69, 9.17) is 9.84 Å². The van der Waals surface area contributed by atoms with Gasteiger partial charge in [0.1, 0.15) is 0 Å². The van der Waals surface area contributed by atoms with Gasteiger partial charge in [0.15, 0.2) is 0 Å². The Labute approximate surface area is 73.5 Å². The lowest BCUT2D eigenvalue weighted by Gasteiger charge is -2.27. The molecule has 1 aliphatic heterocycles. The highest BCUT2D eigenvalue weighted by Gasteiger charge is 2.14. The van der Waals surface area contributed by atoms with Crippen LogP contribution >= 0.6 is 0 Å². The van der Waals surface area contributed by atoms with E-state index in [9.17, 15) is 0 Å². The molecular weight excluding hydrogens is 156 g/mol. The van der Waals surface area contributed by atoms with E-state index in [1.165, 1.54) is 0 Å². The highest BCUT2D eigenvalue weighted by molar-refractivity contribution is 4.70. The van der Waals surface area contributed by atoms with Crippen LogP contribution in [0.25, 0.3) is 0 Å². The van der Waals surface area contributed by atoms with Crippen molar-refractivity contribution in [2.24, 2.45) is 0 Å². The van der Waals surface area contributed by atoms with Gasteiger partial charge < -0.3 is 20.1 Å². The van der Waals surface area contributed by atoms with Crippen molar-refractivity contribution in [2.75, 3.05) is 46.4 Å². The summed E-state index contributed by atoms with van der Waals surface area (Å²) in [5.74, 6) is 0. The van der Waals surface area contributed by atoms with Gasteiger partial charge in [0, 0.05) is 26.2 Å². The van der Waals surface area contributed by atoms with Crippen molar-refractivity contribution in [3.63, 3.8) is 0 Å². The zero-order valence-corrected chi connectivity index (χ0v) is 7.62. The van der Waals surface area contributed by atoms with Crippen LogP contribution < -0.4 is 5.32 Å². The average molecular weight is 174 g/mol. The van der Waals surface area contributed by atoms with Crippen molar-refractivity contribution in [1.82, 2.24) is 10.2 Å². The molecule has 0 aromatic heterocycles. The van der Waals surface area contributed by atoms with Gasteiger partial charge in [0.2, 0.25) is 0 Å². The zero-order chi connectivity index (χ0) is 8.81. The number of nitrogens with one attached hydrogen (secondary N) is 1. The second kappa shape index (κ2) is 5.48. The molecule has 12 heavy (non-hydrogen) atoms. The number of hydrogen-bond acceptors (Lipinski definition) is 4. The molecule has 1 atom stereocenters. The Balaban J connectivity index is 2.11. The summed E-state index contributed by atoms with van der Waals surface area (Å²) in [6.45, 7) is 4.53. The van der Waals surface area contributed by atoms with E-state index in [0.717, 1.165) is 32.8 Å². The Morgan fingerprint density at radius 1 is 1.67 bits per heavy atom. The predicted octanol–water partition coefficient (Wildman–Crippen LogP) is -1.10. The van der Waals surface area contributed by atoms with Crippen molar-refractivity contribution >= 4 is 0 Å². The largest absolute Gasteiger partial charge is 0.395 e. The first-order valence-electron chi connectivity index (χ1n) is 4.44. The zero-order valence-electron chi connectivity index (χ0n) is 7.62. The van der Waals surface area contributed by atoms with Gasteiger partial charge in [-0.2, -0.15) is 0 Å². The van der Waals surface area contributed by atoms with Crippen LogP contribution in [0.3, 0.4) is 0 Å². The van der Waals surface area contributed by atoms with Gasteiger partial charge in [-0.05, 0) is 7.05 Å². The van der Waals surface area contributed by atoms with E-state index < -0.39 is 0 Å². The minimum absolute atomic E-state index is 0.219. The summed E-state index contributed by atoms with van der Waals surface area (Å²) in [6, 6.07) is 0. The van der Waals surface area contributed by atoms with Crippen molar-refractivity contribution in [3.8, 4) is 0 Å². The molecule has 1 heterocycles. The minimum atomic E-state index is 0.219. The summed E-state index contributed by atoms with van der Waals surface area (Å²) in [7, 11) is 1.99. The molecule has 4 nitrogen and oxygen atoms in total. The molecule has 1 rings (SSSR count). The van der Waals surface area contributed by atoms with Crippen LogP contribution in [-0.4, -0.2) is 62.6 Å². The number of nitrogens with zero attached hydrogens (tertiary/aromatic N) is 1. The average Bonchev–Trinajstić information content (AvgIpc) is 2.06. The van der Waals surface area contributed by atoms with E-state index >= 15 is 0 Å². The van der Waals surface area contributed by atoms with Crippen molar-refractivity contribution in [3.05, 3.63) is 0 Å². The van der Waals surface area contributed by atoms with Gasteiger partial charge in [-0.25, -0.2) is 0 Å². The van der Waals surface area contributed by atoms with Gasteiger partial charge in [0.05, 0.1) is 19.3 Å². The fourth-order valence-electron chi connectivity index (χ4n) is 1.35. The molecule has 1 aliphatic rings. The third kappa shape index (κ3) is 3.49. The summed E-state index contributed by atoms with van der Waals surface area (Å²) in [5, 5.41) is 11.9. The lowest BCUT2D eigenvalue weighted by molar-refractivity contribution is 0.00800. The molecule has 1 saturated heterocycles. The number of aliphatic hydroxyl groups excluding tert-OH is 1. The Kier molecular flexibility index (Phi) is 4.53. The molecule has 0 amide bonds. The molecule has 72 valence electrons. The molecular formula is C8H18N2O2. The van der Waals surface area contributed by atoms with Crippen LogP contribution in [0.15, 0.2) is 0 Å². The van der Waals surface area contributed by atoms with Crippen LogP contribution in [0.5, 0.6) is 0 Å². The van der Waals surface area contributed by atoms with Crippen LogP contribution in [0.4, 0.5) is 0 Å². The third-order valence-electron chi connectivity index (χ3n) is 2.00. The lowest BCUT2D eigenvalue weighted by atomic mass is 10.3. The molecule has 2 N–H and O–H groups in total. The highest BCUT2D eigenvalue weighted by atomic mass is 16.5. The standard InChI is InChI=1S/C8H18N2O2/c1-10(3-4-11)7-8-6-9-2-5-12-8/h8-9,11H,2-7H2,1H3. The first kappa shape index (κ1) is 9.92. The number of rotatable bonds is 4. The summed E-state index contributed by atoms with van der Waals surface area (Å²) in [5.41, 5.74) is 0. The molecule has 0 bridgehead atoms. The van der Waals surface area contributed by atoms with E-state index in [0.29, 0.717) is 0 Å². The summed E-state index contributed by atoms with van der Waals surface area (Å²) >= 11 is 0. The Morgan fingerprint density at radius 3 is 3.08 bits per heavy atom. The molecule has 0 radical (unpaired) electrons. The summed E-state index contributed by atoms with van der Waals surface area (Å²) in [6.07, 6.45) is 0.287. The van der Waals surface area contributed by atoms with E-state index in [-0.39, 0.29) is 12.7 Å². The number of aliphatic hydroxyl groups is 1. The predicted molar refractivity (Wildman–Crippen MR) is 47.2 cm³/mol. The van der Waals surface area contributed by atoms with Crippen LogP contribution in [0.1, 0.15) is 0 Å². The van der Waals surface area contributed by atoms with Crippen molar-refractivity contribution in [2.45, 2.75) is 6.10 Å². The topological polar surface area (TPSA) is 44.7 Å². The first-order valence-corrected chi connectivity index (χ1v) is 4.44. The fourth-order valence-corrected chi connectivity index (χ4v) is 1.35. The Morgan fingerprint density at radius 2 is 2.50 bits per heavy atom. The fraction of sp³-hybridized carbons (Fsp3) is 1.00. The highest BCUT2D eigenvalue weighted by Crippen LogP contribution is 1.97. The van der Waals surface area contributed by atoms with Crippen LogP contribution in [0.2, 0.25) is 0 Å². The number of hydrogen-bond donors (Lipinski definition) is 2. The minimum Gasteiger partial charge on any atom is -0.395 e. The summed E-state index contributed by atoms with van der Waals surface area (Å²) in [4.78, 5) is 2.08. The Hall–Kier alpha value is -0.160. The maximum Gasteiger partial charge on any atom is 0.0826 e. The van der Waals surface area contributed by atoms with Gasteiger partial charge in [-0.3, -0.25) is 0 Å². The van der Waals surface area contributed by atoms with Gasteiger partial charge in [-0.1, -0.05) is 0 Å². The molecule has 0 saturated carbocycles. The van der Waals surface area contributed by atoms with E-state index in [2.05, 4.69) is 10.2 Å². The molecule has 0 aromatic rings. The van der Waals surface area contributed by atoms with Crippen LogP contribution in [0, 0.1) is 0 Å². The van der Waals surface area contributed by atoms with E-state index in [1.54, 1.807) is 0 Å². The first-order chi connectivity index (χ1) is 5.83.